The number of esters is 1. The van der Waals surface area contributed by atoms with Crippen LogP contribution in [0.25, 0.3) is 11.1 Å². The molecule has 0 aromatic heterocycles. The molecule has 1 amide bonds. The highest BCUT2D eigenvalue weighted by atomic mass is 16.6. The number of ether oxygens (including phenoxy) is 2. The summed E-state index contributed by atoms with van der Waals surface area (Å²) in [5, 5.41) is 24.8. The van der Waals surface area contributed by atoms with Crippen molar-refractivity contribution in [1.82, 2.24) is 5.32 Å². The van der Waals surface area contributed by atoms with Crippen LogP contribution in [0.3, 0.4) is 0 Å². The zero-order chi connectivity index (χ0) is 24.2. The van der Waals surface area contributed by atoms with E-state index in [2.05, 4.69) is 10.5 Å². The molecule has 0 bridgehead atoms. The van der Waals surface area contributed by atoms with E-state index in [1.807, 2.05) is 48.5 Å². The van der Waals surface area contributed by atoms with E-state index in [1.165, 1.54) is 0 Å². The molecule has 3 aromatic carbocycles. The minimum Gasteiger partial charge on any atom is -0.508 e. The maximum absolute atomic E-state index is 12.6. The summed E-state index contributed by atoms with van der Waals surface area (Å²) in [6, 6.07) is 16.7. The van der Waals surface area contributed by atoms with E-state index >= 15 is 0 Å². The molecule has 0 saturated carbocycles. The minimum absolute atomic E-state index is 0.0530. The van der Waals surface area contributed by atoms with E-state index in [0.717, 1.165) is 41.5 Å². The van der Waals surface area contributed by atoms with Crippen molar-refractivity contribution in [3.63, 3.8) is 0 Å². The summed E-state index contributed by atoms with van der Waals surface area (Å²) < 4.78 is 10.2. The Labute approximate surface area is 194 Å². The maximum Gasteiger partial charge on any atom is 0.407 e. The fraction of sp³-hybridized carbons (Fsp3) is 0.200. The molecule has 0 unspecified atom stereocenters. The van der Waals surface area contributed by atoms with Gasteiger partial charge in [-0.3, -0.25) is 0 Å². The fourth-order valence-electron chi connectivity index (χ4n) is 4.18. The molecule has 174 valence electrons. The van der Waals surface area contributed by atoms with Crippen molar-refractivity contribution in [3.05, 3.63) is 82.3 Å². The van der Waals surface area contributed by atoms with Crippen molar-refractivity contribution >= 4 is 17.7 Å². The van der Waals surface area contributed by atoms with Gasteiger partial charge in [-0.25, -0.2) is 9.59 Å². The van der Waals surface area contributed by atoms with Gasteiger partial charge in [0.05, 0.1) is 7.11 Å². The largest absolute Gasteiger partial charge is 0.508 e. The Balaban J connectivity index is 1.48. The average molecular weight is 462 g/mol. The molecular weight excluding hydrogens is 440 g/mol. The highest BCUT2D eigenvalue weighted by molar-refractivity contribution is 5.82. The molecule has 1 atom stereocenters. The van der Waals surface area contributed by atoms with Crippen LogP contribution in [0.2, 0.25) is 0 Å². The number of nitrogens with one attached hydrogen (secondary N) is 1. The van der Waals surface area contributed by atoms with Gasteiger partial charge in [-0.15, -0.1) is 4.91 Å². The molecule has 0 radical (unpaired) electrons. The third kappa shape index (κ3) is 4.40. The van der Waals surface area contributed by atoms with Gasteiger partial charge in [0.25, 0.3) is 0 Å². The van der Waals surface area contributed by atoms with Gasteiger partial charge in [0.2, 0.25) is 0 Å². The third-order valence-electron chi connectivity index (χ3n) is 5.82. The predicted molar refractivity (Wildman–Crippen MR) is 123 cm³/mol. The van der Waals surface area contributed by atoms with Gasteiger partial charge in [0.15, 0.2) is 0 Å². The number of benzene rings is 3. The van der Waals surface area contributed by atoms with E-state index in [-0.39, 0.29) is 35.9 Å². The monoisotopic (exact) mass is 462 g/mol. The van der Waals surface area contributed by atoms with Gasteiger partial charge in [-0.05, 0) is 39.1 Å². The van der Waals surface area contributed by atoms with Crippen LogP contribution in [0.15, 0.2) is 65.8 Å². The smallest absolute Gasteiger partial charge is 0.407 e. The summed E-state index contributed by atoms with van der Waals surface area (Å²) in [5.41, 5.74) is 4.07. The molecule has 0 aliphatic heterocycles. The first-order valence-corrected chi connectivity index (χ1v) is 10.5. The van der Waals surface area contributed by atoms with Crippen LogP contribution in [0, 0.1) is 4.91 Å². The lowest BCUT2D eigenvalue weighted by Crippen LogP contribution is -2.43. The zero-order valence-electron chi connectivity index (χ0n) is 18.2. The Morgan fingerprint density at radius 2 is 1.62 bits per heavy atom. The summed E-state index contributed by atoms with van der Waals surface area (Å²) in [5.74, 6) is -1.80. The van der Waals surface area contributed by atoms with Crippen LogP contribution >= 0.6 is 0 Å². The van der Waals surface area contributed by atoms with Crippen molar-refractivity contribution in [2.24, 2.45) is 5.18 Å². The Bertz CT molecular complexity index is 1210. The molecular formula is C25H22N2O7. The van der Waals surface area contributed by atoms with Crippen LogP contribution in [-0.4, -0.2) is 42.0 Å². The summed E-state index contributed by atoms with van der Waals surface area (Å²) in [6.07, 6.45) is -1.06. The molecule has 4 rings (SSSR count). The molecule has 34 heavy (non-hydrogen) atoms. The van der Waals surface area contributed by atoms with E-state index in [4.69, 9.17) is 9.47 Å². The van der Waals surface area contributed by atoms with Gasteiger partial charge in [0.1, 0.15) is 29.8 Å². The molecule has 9 heteroatoms. The lowest BCUT2D eigenvalue weighted by atomic mass is 9.98. The van der Waals surface area contributed by atoms with Gasteiger partial charge in [-0.2, -0.15) is 0 Å². The summed E-state index contributed by atoms with van der Waals surface area (Å²) in [4.78, 5) is 35.7. The Morgan fingerprint density at radius 3 is 2.21 bits per heavy atom. The normalized spacial score (nSPS) is 12.9. The van der Waals surface area contributed by atoms with Crippen LogP contribution < -0.4 is 5.32 Å². The predicted octanol–water partition coefficient (Wildman–Crippen LogP) is 4.12. The lowest BCUT2D eigenvalue weighted by molar-refractivity contribution is -0.143. The number of methoxy groups -OCH3 is 1. The summed E-state index contributed by atoms with van der Waals surface area (Å²) in [7, 11) is 1.16. The Morgan fingerprint density at radius 1 is 1.00 bits per heavy atom. The van der Waals surface area contributed by atoms with E-state index in [0.29, 0.717) is 0 Å². The molecule has 9 nitrogen and oxygen atoms in total. The first-order chi connectivity index (χ1) is 16.4. The number of fused-ring (bicyclic) bond motifs is 3. The number of nitroso groups, excluding NO2 is 1. The highest BCUT2D eigenvalue weighted by Gasteiger charge is 2.30. The van der Waals surface area contributed by atoms with Crippen LogP contribution in [0.5, 0.6) is 11.5 Å². The number of rotatable bonds is 7. The Hall–Kier alpha value is -4.40. The minimum atomic E-state index is -1.21. The number of phenols is 2. The van der Waals surface area contributed by atoms with Gasteiger partial charge >= 0.3 is 12.1 Å². The van der Waals surface area contributed by atoms with Crippen molar-refractivity contribution in [2.45, 2.75) is 18.4 Å². The van der Waals surface area contributed by atoms with Crippen LogP contribution in [0.4, 0.5) is 10.5 Å². The van der Waals surface area contributed by atoms with Crippen LogP contribution in [0.1, 0.15) is 22.6 Å². The zero-order valence-corrected chi connectivity index (χ0v) is 18.2. The number of alkyl carbamates (subject to hydrolysis) is 1. The first kappa shape index (κ1) is 22.8. The molecule has 1 aliphatic carbocycles. The SMILES string of the molecule is COC(=O)[C@H](Cc1cc(N=O)c(O)cc1O)NC(=O)OCC1c2ccccc2-c2ccccc21. The highest BCUT2D eigenvalue weighted by Crippen LogP contribution is 2.44. The number of phenolic OH excluding ortho intramolecular Hbond substituents is 2. The molecule has 3 N–H and O–H groups in total. The van der Waals surface area contributed by atoms with Crippen molar-refractivity contribution < 1.29 is 29.3 Å². The standard InChI is InChI=1S/C25H22N2O7/c1-33-24(30)21(11-14-10-20(27-32)23(29)12-22(14)28)26-25(31)34-13-19-17-8-4-2-6-15(17)16-7-3-5-9-18(16)19/h2-10,12,19,21,28-29H,11,13H2,1H3,(H,26,31)/t21-/m0/s1. The number of carbonyl (C=O) groups excluding carboxylic acids is 2. The quantitative estimate of drug-likeness (QED) is 0.355. The molecule has 0 spiro atoms. The molecule has 3 aromatic rings. The van der Waals surface area contributed by atoms with E-state index in [1.54, 1.807) is 0 Å². The number of hydrogen-bond donors (Lipinski definition) is 3. The average Bonchev–Trinajstić information content (AvgIpc) is 3.17. The number of nitrogens with zero attached hydrogens (tertiary/aromatic N) is 1. The lowest BCUT2D eigenvalue weighted by Gasteiger charge is -2.19. The van der Waals surface area contributed by atoms with E-state index < -0.39 is 23.9 Å². The third-order valence-corrected chi connectivity index (χ3v) is 5.82. The van der Waals surface area contributed by atoms with Crippen LogP contribution in [-0.2, 0) is 20.7 Å². The van der Waals surface area contributed by atoms with E-state index in [9.17, 15) is 24.7 Å². The van der Waals surface area contributed by atoms with Crippen molar-refractivity contribution in [3.8, 4) is 22.6 Å². The Kier molecular flexibility index (Phi) is 6.44. The van der Waals surface area contributed by atoms with Crippen molar-refractivity contribution in [2.75, 3.05) is 13.7 Å². The second-order valence-electron chi connectivity index (χ2n) is 7.81. The fourth-order valence-corrected chi connectivity index (χ4v) is 4.18. The number of aromatic hydroxyl groups is 2. The number of hydrogen-bond acceptors (Lipinski definition) is 8. The van der Waals surface area contributed by atoms with Crippen molar-refractivity contribution in [1.29, 1.82) is 0 Å². The molecule has 1 aliphatic rings. The second-order valence-corrected chi connectivity index (χ2v) is 7.81. The van der Waals surface area contributed by atoms with Gasteiger partial charge in [0, 0.05) is 18.4 Å². The molecule has 0 fully saturated rings. The summed E-state index contributed by atoms with van der Waals surface area (Å²) >= 11 is 0. The van der Waals surface area contributed by atoms with Gasteiger partial charge < -0.3 is 25.0 Å². The maximum atomic E-state index is 12.6. The second kappa shape index (κ2) is 9.62. The number of carbonyl (C=O) groups is 2. The molecule has 0 heterocycles. The topological polar surface area (TPSA) is 135 Å². The number of amides is 1. The first-order valence-electron chi connectivity index (χ1n) is 10.5. The summed E-state index contributed by atoms with van der Waals surface area (Å²) in [6.45, 7) is 0.0530. The van der Waals surface area contributed by atoms with Gasteiger partial charge in [-0.1, -0.05) is 48.5 Å². The molecule has 0 saturated heterocycles.